The van der Waals surface area contributed by atoms with Crippen LogP contribution in [0.25, 0.3) is 10.6 Å². The summed E-state index contributed by atoms with van der Waals surface area (Å²) in [5.41, 5.74) is 4.36. The highest BCUT2D eigenvalue weighted by Crippen LogP contribution is 2.35. The minimum Gasteiger partial charge on any atom is -0.503 e. The molecular formula is C19H16BrN3O3S. The van der Waals surface area contributed by atoms with E-state index < -0.39 is 5.91 Å². The molecule has 8 heteroatoms. The minimum absolute atomic E-state index is 0.0318. The minimum atomic E-state index is -0.393. The number of methoxy groups -OCH3 is 1. The molecule has 6 nitrogen and oxygen atoms in total. The Balaban J connectivity index is 1.74. The van der Waals surface area contributed by atoms with Gasteiger partial charge in [0.1, 0.15) is 10.7 Å². The molecule has 0 bridgehead atoms. The van der Waals surface area contributed by atoms with E-state index >= 15 is 0 Å². The Morgan fingerprint density at radius 3 is 2.74 bits per heavy atom. The molecule has 0 saturated carbocycles. The first kappa shape index (κ1) is 19.1. The van der Waals surface area contributed by atoms with Crippen LogP contribution in [0.15, 0.2) is 52.0 Å². The first-order chi connectivity index (χ1) is 13.0. The molecule has 3 rings (SSSR count). The fourth-order valence-corrected chi connectivity index (χ4v) is 3.70. The molecule has 1 heterocycles. The predicted octanol–water partition coefficient (Wildman–Crippen LogP) is 4.36. The highest BCUT2D eigenvalue weighted by Gasteiger charge is 2.16. The van der Waals surface area contributed by atoms with Gasteiger partial charge in [-0.2, -0.15) is 5.10 Å². The number of ether oxygens (including phenoxy) is 1. The second-order valence-corrected chi connectivity index (χ2v) is 7.50. The topological polar surface area (TPSA) is 83.8 Å². The van der Waals surface area contributed by atoms with Crippen LogP contribution in [0.2, 0.25) is 0 Å². The number of hydrazone groups is 1. The second-order valence-electron chi connectivity index (χ2n) is 5.51. The molecule has 0 aliphatic carbocycles. The van der Waals surface area contributed by atoms with Crippen molar-refractivity contribution in [3.63, 3.8) is 0 Å². The maximum Gasteiger partial charge on any atom is 0.291 e. The van der Waals surface area contributed by atoms with Gasteiger partial charge in [-0.25, -0.2) is 10.4 Å². The Labute approximate surface area is 168 Å². The van der Waals surface area contributed by atoms with E-state index in [9.17, 15) is 9.90 Å². The zero-order valence-corrected chi connectivity index (χ0v) is 17.0. The molecule has 0 unspecified atom stereocenters. The number of hydrogen-bond donors (Lipinski definition) is 2. The molecule has 1 aromatic heterocycles. The monoisotopic (exact) mass is 445 g/mol. The van der Waals surface area contributed by atoms with Crippen LogP contribution in [0.1, 0.15) is 20.9 Å². The number of thiazole rings is 1. The van der Waals surface area contributed by atoms with Crippen LogP contribution in [-0.2, 0) is 0 Å². The predicted molar refractivity (Wildman–Crippen MR) is 110 cm³/mol. The van der Waals surface area contributed by atoms with Crippen molar-refractivity contribution < 1.29 is 14.6 Å². The lowest BCUT2D eigenvalue weighted by Crippen LogP contribution is -2.19. The van der Waals surface area contributed by atoms with Gasteiger partial charge in [-0.3, -0.25) is 4.79 Å². The summed E-state index contributed by atoms with van der Waals surface area (Å²) in [6.07, 6.45) is 1.43. The number of aromatic nitrogens is 1. The molecule has 0 saturated heterocycles. The second kappa shape index (κ2) is 8.32. The summed E-state index contributed by atoms with van der Waals surface area (Å²) >= 11 is 4.74. The summed E-state index contributed by atoms with van der Waals surface area (Å²) < 4.78 is 5.46. The number of amides is 1. The summed E-state index contributed by atoms with van der Waals surface area (Å²) in [5, 5.41) is 14.7. The summed E-state index contributed by atoms with van der Waals surface area (Å²) in [6, 6.07) is 13.0. The van der Waals surface area contributed by atoms with E-state index in [4.69, 9.17) is 4.74 Å². The molecule has 27 heavy (non-hydrogen) atoms. The van der Waals surface area contributed by atoms with Crippen LogP contribution >= 0.6 is 27.3 Å². The zero-order valence-electron chi connectivity index (χ0n) is 14.6. The first-order valence-corrected chi connectivity index (χ1v) is 9.54. The number of aromatic hydroxyl groups is 1. The average molecular weight is 446 g/mol. The first-order valence-electron chi connectivity index (χ1n) is 7.93. The van der Waals surface area contributed by atoms with Gasteiger partial charge >= 0.3 is 0 Å². The largest absolute Gasteiger partial charge is 0.503 e. The van der Waals surface area contributed by atoms with E-state index in [0.717, 1.165) is 15.4 Å². The number of benzene rings is 2. The number of rotatable bonds is 5. The van der Waals surface area contributed by atoms with Crippen molar-refractivity contribution in [1.82, 2.24) is 10.4 Å². The third-order valence-electron chi connectivity index (χ3n) is 3.73. The maximum atomic E-state index is 12.4. The van der Waals surface area contributed by atoms with E-state index in [2.05, 4.69) is 31.4 Å². The van der Waals surface area contributed by atoms with Crippen molar-refractivity contribution in [2.75, 3.05) is 7.11 Å². The maximum absolute atomic E-state index is 12.4. The van der Waals surface area contributed by atoms with Crippen LogP contribution in [0.5, 0.6) is 11.5 Å². The Hall–Kier alpha value is -2.71. The van der Waals surface area contributed by atoms with Gasteiger partial charge in [0.15, 0.2) is 11.5 Å². The standard InChI is InChI=1S/C19H16BrN3O3S/c1-11-16(22-19(27-11)12-6-4-3-5-7-12)18(25)23-21-10-13-8-9-14(26-2)17(24)15(13)20/h3-10,24H,1-2H3,(H,23,25)/b21-10-. The third-order valence-corrected chi connectivity index (χ3v) is 5.58. The number of carbonyl (C=O) groups excluding carboxylic acids is 1. The molecule has 2 N–H and O–H groups in total. The van der Waals surface area contributed by atoms with E-state index in [1.54, 1.807) is 12.1 Å². The van der Waals surface area contributed by atoms with Crippen LogP contribution in [0, 0.1) is 6.92 Å². The molecule has 2 aromatic carbocycles. The van der Waals surface area contributed by atoms with Gasteiger partial charge in [-0.1, -0.05) is 30.3 Å². The number of halogens is 1. The summed E-state index contributed by atoms with van der Waals surface area (Å²) in [6.45, 7) is 1.85. The SMILES string of the molecule is COc1ccc(/C=N\NC(=O)c2nc(-c3ccccc3)sc2C)c(Br)c1O. The zero-order chi connectivity index (χ0) is 19.4. The summed E-state index contributed by atoms with van der Waals surface area (Å²) in [5.74, 6) is -0.0822. The van der Waals surface area contributed by atoms with Gasteiger partial charge in [-0.15, -0.1) is 11.3 Å². The molecule has 0 atom stereocenters. The molecular weight excluding hydrogens is 430 g/mol. The highest BCUT2D eigenvalue weighted by molar-refractivity contribution is 9.10. The van der Waals surface area contributed by atoms with Gasteiger partial charge in [0.05, 0.1) is 17.8 Å². The molecule has 0 radical (unpaired) electrons. The van der Waals surface area contributed by atoms with Crippen LogP contribution < -0.4 is 10.2 Å². The Bertz CT molecular complexity index is 1000. The highest BCUT2D eigenvalue weighted by atomic mass is 79.9. The van der Waals surface area contributed by atoms with Gasteiger partial charge in [0.25, 0.3) is 5.91 Å². The summed E-state index contributed by atoms with van der Waals surface area (Å²) in [4.78, 5) is 17.6. The van der Waals surface area contributed by atoms with Crippen molar-refractivity contribution >= 4 is 39.4 Å². The van der Waals surface area contributed by atoms with Gasteiger partial charge in [0.2, 0.25) is 0 Å². The quantitative estimate of drug-likeness (QED) is 0.451. The fraction of sp³-hybridized carbons (Fsp3) is 0.105. The number of nitrogens with one attached hydrogen (secondary N) is 1. The van der Waals surface area contributed by atoms with Crippen molar-refractivity contribution in [3.8, 4) is 22.1 Å². The Kier molecular flexibility index (Phi) is 5.88. The smallest absolute Gasteiger partial charge is 0.291 e. The van der Waals surface area contributed by atoms with Gasteiger partial charge < -0.3 is 9.84 Å². The van der Waals surface area contributed by atoms with Crippen molar-refractivity contribution in [2.45, 2.75) is 6.92 Å². The number of nitrogens with zero attached hydrogens (tertiary/aromatic N) is 2. The lowest BCUT2D eigenvalue weighted by Gasteiger charge is -2.06. The molecule has 0 aliphatic rings. The number of hydrogen-bond acceptors (Lipinski definition) is 6. The molecule has 0 aliphatic heterocycles. The Morgan fingerprint density at radius 1 is 1.30 bits per heavy atom. The average Bonchev–Trinajstić information content (AvgIpc) is 3.08. The summed E-state index contributed by atoms with van der Waals surface area (Å²) in [7, 11) is 1.47. The van der Waals surface area contributed by atoms with E-state index in [-0.39, 0.29) is 5.75 Å². The number of phenolic OH excluding ortho intramolecular Hbond substituents is 1. The van der Waals surface area contributed by atoms with E-state index in [1.807, 2.05) is 37.3 Å². The number of aryl methyl sites for hydroxylation is 1. The van der Waals surface area contributed by atoms with Crippen molar-refractivity contribution in [3.05, 3.63) is 63.1 Å². The number of carbonyl (C=O) groups is 1. The van der Waals surface area contributed by atoms with Crippen LogP contribution in [0.3, 0.4) is 0 Å². The molecule has 138 valence electrons. The number of phenols is 1. The molecule has 0 spiro atoms. The van der Waals surface area contributed by atoms with Crippen molar-refractivity contribution in [2.24, 2.45) is 5.10 Å². The van der Waals surface area contributed by atoms with Crippen molar-refractivity contribution in [1.29, 1.82) is 0 Å². The van der Waals surface area contributed by atoms with E-state index in [1.165, 1.54) is 24.7 Å². The molecule has 3 aromatic rings. The Morgan fingerprint density at radius 2 is 2.04 bits per heavy atom. The van der Waals surface area contributed by atoms with Crippen LogP contribution in [0.4, 0.5) is 0 Å². The van der Waals surface area contributed by atoms with Gasteiger partial charge in [-0.05, 0) is 35.0 Å². The van der Waals surface area contributed by atoms with Gasteiger partial charge in [0, 0.05) is 16.0 Å². The van der Waals surface area contributed by atoms with E-state index in [0.29, 0.717) is 21.5 Å². The normalized spacial score (nSPS) is 10.9. The fourth-order valence-electron chi connectivity index (χ4n) is 2.35. The third kappa shape index (κ3) is 4.17. The van der Waals surface area contributed by atoms with Crippen LogP contribution in [-0.4, -0.2) is 29.3 Å². The molecule has 0 fully saturated rings. The molecule has 1 amide bonds. The lowest BCUT2D eigenvalue weighted by atomic mass is 10.2. The lowest BCUT2D eigenvalue weighted by molar-refractivity contribution is 0.0950.